The maximum Gasteiger partial charge on any atom is 0.424 e. The summed E-state index contributed by atoms with van der Waals surface area (Å²) in [5.41, 5.74) is 4.52. The Labute approximate surface area is 99.7 Å². The second-order valence-electron chi connectivity index (χ2n) is 3.33. The minimum Gasteiger partial charge on any atom is -0.480 e. The summed E-state index contributed by atoms with van der Waals surface area (Å²) in [7, 11) is 0. The van der Waals surface area contributed by atoms with Crippen molar-refractivity contribution in [3.63, 3.8) is 0 Å². The van der Waals surface area contributed by atoms with E-state index in [9.17, 15) is 39.9 Å². The largest absolute Gasteiger partial charge is 0.480 e. The molecule has 0 spiro atoms. The Balaban J connectivity index is 5.02. The Morgan fingerprint density at radius 3 is 1.89 bits per heavy atom. The lowest BCUT2D eigenvalue weighted by Crippen LogP contribution is -2.52. The lowest BCUT2D eigenvalue weighted by Gasteiger charge is -2.29. The second kappa shape index (κ2) is 5.45. The molecule has 0 heterocycles. The molecule has 19 heavy (non-hydrogen) atoms. The normalized spacial score (nSPS) is 15.7. The van der Waals surface area contributed by atoms with Crippen LogP contribution in [0.15, 0.2) is 0 Å². The molecule has 0 aromatic carbocycles. The van der Waals surface area contributed by atoms with Crippen molar-refractivity contribution >= 4 is 5.97 Å². The van der Waals surface area contributed by atoms with Gasteiger partial charge in [-0.1, -0.05) is 0 Å². The summed E-state index contributed by atoms with van der Waals surface area (Å²) in [5.74, 6) is -7.60. The Morgan fingerprint density at radius 1 is 1.16 bits per heavy atom. The summed E-state index contributed by atoms with van der Waals surface area (Å²) in [4.78, 5) is 10.1. The average Bonchev–Trinajstić information content (AvgIpc) is 2.14. The first-order chi connectivity index (χ1) is 8.23. The highest BCUT2D eigenvalue weighted by Crippen LogP contribution is 2.43. The van der Waals surface area contributed by atoms with Crippen LogP contribution >= 0.6 is 0 Å². The lowest BCUT2D eigenvalue weighted by atomic mass is 10.1. The molecular weight excluding hydrogens is 298 g/mol. The maximum absolute atomic E-state index is 12.8. The van der Waals surface area contributed by atoms with Crippen molar-refractivity contribution in [3.8, 4) is 0 Å². The Kier molecular flexibility index (Phi) is 5.11. The minimum atomic E-state index is -6.03. The molecule has 0 aliphatic rings. The fourth-order valence-corrected chi connectivity index (χ4v) is 0.772. The maximum atomic E-state index is 12.8. The molecule has 0 radical (unpaired) electrons. The zero-order valence-electron chi connectivity index (χ0n) is 8.73. The van der Waals surface area contributed by atoms with E-state index in [1.807, 2.05) is 0 Å². The number of carbonyl (C=O) groups is 1. The van der Waals surface area contributed by atoms with E-state index >= 15 is 0 Å². The van der Waals surface area contributed by atoms with Crippen LogP contribution in [0.4, 0.5) is 35.1 Å². The lowest BCUT2D eigenvalue weighted by molar-refractivity contribution is -0.450. The van der Waals surface area contributed by atoms with E-state index in [0.717, 1.165) is 0 Å². The van der Waals surface area contributed by atoms with Crippen LogP contribution in [-0.4, -0.2) is 41.7 Å². The van der Waals surface area contributed by atoms with Gasteiger partial charge in [-0.3, -0.25) is 4.79 Å². The highest BCUT2D eigenvalue weighted by Gasteiger charge is 2.64. The molecule has 0 unspecified atom stereocenters. The van der Waals surface area contributed by atoms with Crippen molar-refractivity contribution in [3.05, 3.63) is 0 Å². The third-order valence-corrected chi connectivity index (χ3v) is 1.74. The Morgan fingerprint density at radius 2 is 1.58 bits per heavy atom. The first kappa shape index (κ1) is 17.8. The van der Waals surface area contributed by atoms with Gasteiger partial charge in [0, 0.05) is 6.42 Å². The topological polar surface area (TPSA) is 72.5 Å². The number of alkyl halides is 8. The quantitative estimate of drug-likeness (QED) is 0.705. The summed E-state index contributed by atoms with van der Waals surface area (Å²) in [5, 5.41) is 8.12. The average molecular weight is 305 g/mol. The molecule has 0 amide bonds. The minimum absolute atomic E-state index is 2.11. The van der Waals surface area contributed by atoms with E-state index in [1.54, 1.807) is 0 Å². The summed E-state index contributed by atoms with van der Waals surface area (Å²) >= 11 is 0. The van der Waals surface area contributed by atoms with Gasteiger partial charge in [-0.05, 0) is 0 Å². The van der Waals surface area contributed by atoms with Crippen LogP contribution in [0.2, 0.25) is 0 Å². The zero-order valence-corrected chi connectivity index (χ0v) is 8.73. The molecule has 0 aromatic rings. The van der Waals surface area contributed by atoms with E-state index in [4.69, 9.17) is 5.11 Å². The van der Waals surface area contributed by atoms with Gasteiger partial charge in [0.1, 0.15) is 6.04 Å². The molecule has 12 heteroatoms. The van der Waals surface area contributed by atoms with Crippen molar-refractivity contribution in [2.24, 2.45) is 5.73 Å². The molecule has 0 fully saturated rings. The first-order valence-corrected chi connectivity index (χ1v) is 4.33. The van der Waals surface area contributed by atoms with Crippen molar-refractivity contribution in [2.75, 3.05) is 0 Å². The van der Waals surface area contributed by atoms with Crippen LogP contribution in [-0.2, 0) is 9.53 Å². The molecule has 0 saturated carbocycles. The fourth-order valence-electron chi connectivity index (χ4n) is 0.772. The molecule has 114 valence electrons. The molecule has 0 aliphatic carbocycles. The van der Waals surface area contributed by atoms with Crippen molar-refractivity contribution in [1.29, 1.82) is 0 Å². The van der Waals surface area contributed by atoms with Crippen LogP contribution in [0, 0.1) is 0 Å². The highest BCUT2D eigenvalue weighted by atomic mass is 19.3. The number of hydrogen-bond acceptors (Lipinski definition) is 3. The van der Waals surface area contributed by atoms with E-state index in [2.05, 4.69) is 10.5 Å². The molecule has 3 N–H and O–H groups in total. The van der Waals surface area contributed by atoms with Crippen molar-refractivity contribution < 1.29 is 49.8 Å². The van der Waals surface area contributed by atoms with Crippen molar-refractivity contribution in [2.45, 2.75) is 37.0 Å². The van der Waals surface area contributed by atoms with E-state index in [1.165, 1.54) is 0 Å². The zero-order chi connectivity index (χ0) is 15.6. The summed E-state index contributed by atoms with van der Waals surface area (Å²) in [6.45, 7) is 0. The Hall–Kier alpha value is -1.17. The fraction of sp³-hybridized carbons (Fsp3) is 0.857. The molecular formula is C7H7F8NO3. The standard InChI is InChI=1S/C7H7F8NO3/c8-4(9)6(12,13)19-7(14,15)5(10,11)1-2(16)3(17)18/h2,4H,1,16H2,(H,17,18)/t2-/m0/s1. The van der Waals surface area contributed by atoms with Gasteiger partial charge in [-0.25, -0.2) is 13.5 Å². The van der Waals surface area contributed by atoms with Crippen LogP contribution in [0.1, 0.15) is 6.42 Å². The third-order valence-electron chi connectivity index (χ3n) is 1.74. The third kappa shape index (κ3) is 4.45. The van der Waals surface area contributed by atoms with Crippen LogP contribution < -0.4 is 5.73 Å². The monoisotopic (exact) mass is 305 g/mol. The number of rotatable bonds is 7. The predicted molar refractivity (Wildman–Crippen MR) is 42.2 cm³/mol. The molecule has 0 saturated heterocycles. The van der Waals surface area contributed by atoms with Crippen LogP contribution in [0.3, 0.4) is 0 Å². The molecule has 0 aromatic heterocycles. The number of carboxylic acid groups (broad SMARTS) is 1. The first-order valence-electron chi connectivity index (χ1n) is 4.33. The SMILES string of the molecule is N[C@@H](CC(F)(F)C(F)(F)OC(F)(F)C(F)F)C(=O)O. The van der Waals surface area contributed by atoms with Gasteiger partial charge < -0.3 is 10.8 Å². The number of halogens is 8. The van der Waals surface area contributed by atoms with Crippen molar-refractivity contribution in [1.82, 2.24) is 0 Å². The predicted octanol–water partition coefficient (Wildman–Crippen LogP) is 1.89. The van der Waals surface area contributed by atoms with E-state index < -0.39 is 43.0 Å². The number of aliphatic carboxylic acids is 1. The van der Waals surface area contributed by atoms with E-state index in [0.29, 0.717) is 0 Å². The molecule has 0 rings (SSSR count). The molecule has 1 atom stereocenters. The Bertz CT molecular complexity index is 334. The van der Waals surface area contributed by atoms with Gasteiger partial charge in [0.25, 0.3) is 0 Å². The number of hydrogen-bond donors (Lipinski definition) is 2. The van der Waals surface area contributed by atoms with Gasteiger partial charge in [0.15, 0.2) is 0 Å². The van der Waals surface area contributed by atoms with Gasteiger partial charge >= 0.3 is 30.5 Å². The van der Waals surface area contributed by atoms with Gasteiger partial charge in [0.2, 0.25) is 0 Å². The van der Waals surface area contributed by atoms with Crippen LogP contribution in [0.5, 0.6) is 0 Å². The van der Waals surface area contributed by atoms with Gasteiger partial charge in [0.05, 0.1) is 0 Å². The molecule has 0 bridgehead atoms. The van der Waals surface area contributed by atoms with Gasteiger partial charge in [-0.2, -0.15) is 26.3 Å². The molecule has 4 nitrogen and oxygen atoms in total. The summed E-state index contributed by atoms with van der Waals surface area (Å²) < 4.78 is 100. The van der Waals surface area contributed by atoms with E-state index in [-0.39, 0.29) is 0 Å². The smallest absolute Gasteiger partial charge is 0.424 e. The number of carboxylic acids is 1. The number of ether oxygens (including phenoxy) is 1. The van der Waals surface area contributed by atoms with Gasteiger partial charge in [-0.15, -0.1) is 0 Å². The van der Waals surface area contributed by atoms with Crippen LogP contribution in [0.25, 0.3) is 0 Å². The molecule has 0 aliphatic heterocycles. The number of nitrogens with two attached hydrogens (primary N) is 1. The highest BCUT2D eigenvalue weighted by molar-refractivity contribution is 5.73. The summed E-state index contributed by atoms with van der Waals surface area (Å²) in [6, 6.07) is -2.52. The summed E-state index contributed by atoms with van der Waals surface area (Å²) in [6.07, 6.45) is -18.9. The second-order valence-corrected chi connectivity index (χ2v) is 3.33.